The van der Waals surface area contributed by atoms with Crippen molar-refractivity contribution in [3.63, 3.8) is 0 Å². The van der Waals surface area contributed by atoms with E-state index < -0.39 is 0 Å². The van der Waals surface area contributed by atoms with Gasteiger partial charge in [0.2, 0.25) is 0 Å². The highest BCUT2D eigenvalue weighted by Gasteiger charge is 1.99. The summed E-state index contributed by atoms with van der Waals surface area (Å²) in [5, 5.41) is 0. The topological polar surface area (TPSA) is 27.7 Å². The largest absolute Gasteiger partial charge is 0.498 e. The molecule has 0 aliphatic rings. The Hall–Kier alpha value is -1.58. The molecule has 0 bridgehead atoms. The minimum atomic E-state index is 0.547. The first-order chi connectivity index (χ1) is 10.6. The summed E-state index contributed by atoms with van der Waals surface area (Å²) in [5.74, 6) is 0. The van der Waals surface area contributed by atoms with E-state index in [0.29, 0.717) is 26.4 Å². The van der Waals surface area contributed by atoms with Gasteiger partial charge in [-0.05, 0) is 43.0 Å². The van der Waals surface area contributed by atoms with Crippen LogP contribution in [0.5, 0.6) is 0 Å². The summed E-state index contributed by atoms with van der Waals surface area (Å²) >= 11 is 0. The third-order valence-corrected chi connectivity index (χ3v) is 3.14. The SMILES string of the molecule is C=C(C)c1cccc(/C(C)=C/OCCOCCOCCC)c1. The van der Waals surface area contributed by atoms with Crippen molar-refractivity contribution in [2.45, 2.75) is 27.2 Å². The maximum Gasteiger partial charge on any atom is 0.111 e. The van der Waals surface area contributed by atoms with Crippen molar-refractivity contribution >= 4 is 11.1 Å². The van der Waals surface area contributed by atoms with E-state index in [1.54, 1.807) is 6.26 Å². The standard InChI is InChI=1S/C19H28O3/c1-5-9-20-10-11-21-12-13-22-15-17(4)19-8-6-7-18(14-19)16(2)3/h6-8,14-15H,2,5,9-13H2,1,3-4H3/b17-15+. The summed E-state index contributed by atoms with van der Waals surface area (Å²) in [6.07, 6.45) is 2.83. The monoisotopic (exact) mass is 304 g/mol. The predicted octanol–water partition coefficient (Wildman–Crippen LogP) is 4.54. The average Bonchev–Trinajstić information content (AvgIpc) is 2.53. The summed E-state index contributed by atoms with van der Waals surface area (Å²) in [6.45, 7) is 13.3. The summed E-state index contributed by atoms with van der Waals surface area (Å²) in [4.78, 5) is 0. The van der Waals surface area contributed by atoms with Crippen LogP contribution in [-0.2, 0) is 14.2 Å². The zero-order valence-electron chi connectivity index (χ0n) is 14.1. The van der Waals surface area contributed by atoms with Gasteiger partial charge in [-0.15, -0.1) is 0 Å². The van der Waals surface area contributed by atoms with Gasteiger partial charge in [-0.1, -0.05) is 37.3 Å². The Labute approximate surface area is 134 Å². The molecule has 0 unspecified atom stereocenters. The van der Waals surface area contributed by atoms with Gasteiger partial charge in [0, 0.05) is 6.61 Å². The molecule has 0 aliphatic carbocycles. The Kier molecular flexibility index (Phi) is 9.28. The summed E-state index contributed by atoms with van der Waals surface area (Å²) in [5.41, 5.74) is 4.46. The molecule has 22 heavy (non-hydrogen) atoms. The summed E-state index contributed by atoms with van der Waals surface area (Å²) in [6, 6.07) is 8.30. The van der Waals surface area contributed by atoms with Gasteiger partial charge in [-0.3, -0.25) is 0 Å². The van der Waals surface area contributed by atoms with Crippen LogP contribution in [0.4, 0.5) is 0 Å². The maximum absolute atomic E-state index is 5.53. The first kappa shape index (κ1) is 18.5. The van der Waals surface area contributed by atoms with Crippen molar-refractivity contribution in [2.24, 2.45) is 0 Å². The number of hydrogen-bond donors (Lipinski definition) is 0. The molecule has 0 saturated carbocycles. The minimum absolute atomic E-state index is 0.547. The number of ether oxygens (including phenoxy) is 3. The van der Waals surface area contributed by atoms with E-state index in [9.17, 15) is 0 Å². The summed E-state index contributed by atoms with van der Waals surface area (Å²) in [7, 11) is 0. The Morgan fingerprint density at radius 1 is 1.00 bits per heavy atom. The molecule has 0 saturated heterocycles. The highest BCUT2D eigenvalue weighted by atomic mass is 16.5. The molecule has 3 nitrogen and oxygen atoms in total. The van der Waals surface area contributed by atoms with Crippen molar-refractivity contribution in [3.8, 4) is 0 Å². The average molecular weight is 304 g/mol. The van der Waals surface area contributed by atoms with Crippen LogP contribution in [0.2, 0.25) is 0 Å². The fourth-order valence-electron chi connectivity index (χ4n) is 1.86. The second kappa shape index (κ2) is 11.0. The molecule has 0 N–H and O–H groups in total. The van der Waals surface area contributed by atoms with Gasteiger partial charge in [0.1, 0.15) is 6.61 Å². The molecular formula is C19H28O3. The zero-order chi connectivity index (χ0) is 16.2. The lowest BCUT2D eigenvalue weighted by Gasteiger charge is -2.07. The highest BCUT2D eigenvalue weighted by molar-refractivity contribution is 5.69. The van der Waals surface area contributed by atoms with Gasteiger partial charge in [0.05, 0.1) is 26.1 Å². The number of rotatable bonds is 11. The van der Waals surface area contributed by atoms with E-state index in [1.165, 1.54) is 0 Å². The maximum atomic E-state index is 5.53. The Bertz CT molecular complexity index is 477. The molecule has 0 radical (unpaired) electrons. The van der Waals surface area contributed by atoms with Crippen molar-refractivity contribution in [1.29, 1.82) is 0 Å². The van der Waals surface area contributed by atoms with E-state index in [1.807, 2.05) is 19.9 Å². The molecule has 1 rings (SSSR count). The van der Waals surface area contributed by atoms with Crippen molar-refractivity contribution < 1.29 is 14.2 Å². The predicted molar refractivity (Wildman–Crippen MR) is 92.7 cm³/mol. The Morgan fingerprint density at radius 3 is 2.32 bits per heavy atom. The Balaban J connectivity index is 2.25. The molecule has 0 amide bonds. The smallest absolute Gasteiger partial charge is 0.111 e. The summed E-state index contributed by atoms with van der Waals surface area (Å²) < 4.78 is 16.3. The fourth-order valence-corrected chi connectivity index (χ4v) is 1.86. The second-order valence-electron chi connectivity index (χ2n) is 5.26. The van der Waals surface area contributed by atoms with Crippen LogP contribution in [0.25, 0.3) is 11.1 Å². The molecular weight excluding hydrogens is 276 g/mol. The van der Waals surface area contributed by atoms with E-state index in [0.717, 1.165) is 35.3 Å². The van der Waals surface area contributed by atoms with Crippen LogP contribution < -0.4 is 0 Å². The lowest BCUT2D eigenvalue weighted by Crippen LogP contribution is -2.08. The highest BCUT2D eigenvalue weighted by Crippen LogP contribution is 2.19. The minimum Gasteiger partial charge on any atom is -0.498 e. The molecule has 0 aliphatic heterocycles. The second-order valence-corrected chi connectivity index (χ2v) is 5.26. The molecule has 0 aromatic heterocycles. The molecule has 0 spiro atoms. The van der Waals surface area contributed by atoms with E-state index in [4.69, 9.17) is 14.2 Å². The molecule has 0 fully saturated rings. The van der Waals surface area contributed by atoms with Crippen molar-refractivity contribution in [2.75, 3.05) is 33.0 Å². The van der Waals surface area contributed by atoms with Gasteiger partial charge in [0.15, 0.2) is 0 Å². The van der Waals surface area contributed by atoms with Crippen LogP contribution in [0.15, 0.2) is 37.1 Å². The van der Waals surface area contributed by atoms with E-state index >= 15 is 0 Å². The molecule has 1 aromatic carbocycles. The normalized spacial score (nSPS) is 11.5. The van der Waals surface area contributed by atoms with Crippen LogP contribution >= 0.6 is 0 Å². The van der Waals surface area contributed by atoms with Crippen molar-refractivity contribution in [3.05, 3.63) is 48.2 Å². The molecule has 122 valence electrons. The van der Waals surface area contributed by atoms with E-state index in [-0.39, 0.29) is 0 Å². The van der Waals surface area contributed by atoms with Gasteiger partial charge >= 0.3 is 0 Å². The zero-order valence-corrected chi connectivity index (χ0v) is 14.1. The first-order valence-electron chi connectivity index (χ1n) is 7.85. The Morgan fingerprint density at radius 2 is 1.64 bits per heavy atom. The van der Waals surface area contributed by atoms with Gasteiger partial charge < -0.3 is 14.2 Å². The van der Waals surface area contributed by atoms with Crippen LogP contribution in [0.3, 0.4) is 0 Å². The lowest BCUT2D eigenvalue weighted by atomic mass is 10.0. The van der Waals surface area contributed by atoms with Gasteiger partial charge in [0.25, 0.3) is 0 Å². The van der Waals surface area contributed by atoms with Crippen LogP contribution in [0.1, 0.15) is 38.3 Å². The molecule has 0 atom stereocenters. The van der Waals surface area contributed by atoms with Crippen LogP contribution in [0, 0.1) is 0 Å². The van der Waals surface area contributed by atoms with E-state index in [2.05, 4.69) is 31.7 Å². The number of hydrogen-bond acceptors (Lipinski definition) is 3. The number of allylic oxidation sites excluding steroid dienone is 2. The lowest BCUT2D eigenvalue weighted by molar-refractivity contribution is 0.0309. The fraction of sp³-hybridized carbons (Fsp3) is 0.474. The first-order valence-corrected chi connectivity index (χ1v) is 7.85. The third kappa shape index (κ3) is 7.43. The molecule has 3 heteroatoms. The number of benzene rings is 1. The molecule has 0 heterocycles. The van der Waals surface area contributed by atoms with Gasteiger partial charge in [-0.25, -0.2) is 0 Å². The van der Waals surface area contributed by atoms with Crippen LogP contribution in [-0.4, -0.2) is 33.0 Å². The van der Waals surface area contributed by atoms with Gasteiger partial charge in [-0.2, -0.15) is 0 Å². The third-order valence-electron chi connectivity index (χ3n) is 3.14. The van der Waals surface area contributed by atoms with Crippen molar-refractivity contribution in [1.82, 2.24) is 0 Å². The quantitative estimate of drug-likeness (QED) is 0.444. The molecule has 1 aromatic rings.